The van der Waals surface area contributed by atoms with Crippen LogP contribution in [-0.2, 0) is 9.59 Å². The molecule has 19 heavy (non-hydrogen) atoms. The van der Waals surface area contributed by atoms with E-state index < -0.39 is 17.5 Å². The van der Waals surface area contributed by atoms with E-state index in [4.69, 9.17) is 5.11 Å². The number of allylic oxidation sites excluding steroid dienone is 1. The van der Waals surface area contributed by atoms with Gasteiger partial charge in [-0.1, -0.05) is 31.9 Å². The summed E-state index contributed by atoms with van der Waals surface area (Å²) < 4.78 is 0. The summed E-state index contributed by atoms with van der Waals surface area (Å²) in [6, 6.07) is 0. The molecular formula is C15H24O4. The summed E-state index contributed by atoms with van der Waals surface area (Å²) >= 11 is 0. The van der Waals surface area contributed by atoms with Crippen molar-refractivity contribution in [1.82, 2.24) is 0 Å². The molecule has 3 atom stereocenters. The van der Waals surface area contributed by atoms with Crippen molar-refractivity contribution in [2.75, 3.05) is 0 Å². The highest BCUT2D eigenvalue weighted by Crippen LogP contribution is 2.33. The van der Waals surface area contributed by atoms with Gasteiger partial charge in [0.15, 0.2) is 0 Å². The van der Waals surface area contributed by atoms with Gasteiger partial charge >= 0.3 is 5.97 Å². The van der Waals surface area contributed by atoms with Crippen LogP contribution in [0.15, 0.2) is 12.2 Å². The van der Waals surface area contributed by atoms with Crippen LogP contribution in [0, 0.1) is 11.8 Å². The Labute approximate surface area is 114 Å². The quantitative estimate of drug-likeness (QED) is 0.696. The number of unbranched alkanes of at least 4 members (excludes halogenated alkanes) is 1. The van der Waals surface area contributed by atoms with Gasteiger partial charge in [0.2, 0.25) is 0 Å². The van der Waals surface area contributed by atoms with E-state index in [0.29, 0.717) is 19.3 Å². The molecule has 1 rings (SSSR count). The summed E-state index contributed by atoms with van der Waals surface area (Å²) in [4.78, 5) is 22.4. The number of ketones is 1. The van der Waals surface area contributed by atoms with Crippen molar-refractivity contribution in [3.05, 3.63) is 12.2 Å². The highest BCUT2D eigenvalue weighted by molar-refractivity contribution is 5.87. The molecule has 4 heteroatoms. The highest BCUT2D eigenvalue weighted by atomic mass is 16.4. The van der Waals surface area contributed by atoms with E-state index in [2.05, 4.69) is 6.92 Å². The van der Waals surface area contributed by atoms with Gasteiger partial charge in [-0.25, -0.2) is 0 Å². The average Bonchev–Trinajstić information content (AvgIpc) is 2.66. The van der Waals surface area contributed by atoms with Crippen LogP contribution in [-0.4, -0.2) is 27.6 Å². The number of carboxylic acids is 1. The third kappa shape index (κ3) is 5.15. The number of rotatable bonds is 7. The average molecular weight is 268 g/mol. The molecule has 1 fully saturated rings. The van der Waals surface area contributed by atoms with Crippen LogP contribution < -0.4 is 0 Å². The van der Waals surface area contributed by atoms with Crippen molar-refractivity contribution in [2.24, 2.45) is 11.8 Å². The molecule has 0 heterocycles. The first-order valence-electron chi connectivity index (χ1n) is 7.02. The molecule has 2 N–H and O–H groups in total. The minimum atomic E-state index is -0.934. The monoisotopic (exact) mass is 268 g/mol. The third-order valence-corrected chi connectivity index (χ3v) is 3.79. The van der Waals surface area contributed by atoms with E-state index in [-0.39, 0.29) is 18.1 Å². The number of Topliss-reactive ketones (excluding diaryl/α,β-unsaturated/α-hetero) is 1. The molecule has 0 aliphatic heterocycles. The lowest BCUT2D eigenvalue weighted by Crippen LogP contribution is -2.22. The van der Waals surface area contributed by atoms with Crippen LogP contribution in [0.4, 0.5) is 0 Å². The van der Waals surface area contributed by atoms with Crippen LogP contribution in [0.1, 0.15) is 52.4 Å². The molecule has 0 radical (unpaired) electrons. The summed E-state index contributed by atoms with van der Waals surface area (Å²) in [5, 5.41) is 19.0. The fraction of sp³-hybridized carbons (Fsp3) is 0.733. The minimum absolute atomic E-state index is 0.0326. The summed E-state index contributed by atoms with van der Waals surface area (Å²) in [5.41, 5.74) is -0.866. The Morgan fingerprint density at radius 2 is 2.21 bits per heavy atom. The van der Waals surface area contributed by atoms with Gasteiger partial charge in [-0.05, 0) is 25.7 Å². The summed E-state index contributed by atoms with van der Waals surface area (Å²) in [5.74, 6) is -1.37. The molecule has 0 spiro atoms. The Morgan fingerprint density at radius 1 is 1.53 bits per heavy atom. The lowest BCUT2D eigenvalue weighted by atomic mass is 9.89. The number of hydrogen-bond donors (Lipinski definition) is 2. The molecule has 1 aliphatic rings. The molecule has 0 aromatic rings. The van der Waals surface area contributed by atoms with Crippen molar-refractivity contribution in [2.45, 2.75) is 58.0 Å². The second-order valence-corrected chi connectivity index (χ2v) is 5.69. The van der Waals surface area contributed by atoms with Gasteiger partial charge in [0.1, 0.15) is 5.78 Å². The normalized spacial score (nSPS) is 26.8. The Bertz CT molecular complexity index is 357. The molecule has 0 bridgehead atoms. The Kier molecular flexibility index (Phi) is 5.73. The lowest BCUT2D eigenvalue weighted by Gasteiger charge is -2.20. The van der Waals surface area contributed by atoms with Crippen LogP contribution in [0.25, 0.3) is 0 Å². The molecular weight excluding hydrogens is 244 g/mol. The summed E-state index contributed by atoms with van der Waals surface area (Å²) in [6.07, 6.45) is 7.26. The van der Waals surface area contributed by atoms with Crippen molar-refractivity contribution in [3.8, 4) is 0 Å². The van der Waals surface area contributed by atoms with Gasteiger partial charge in [0.05, 0.1) is 12.0 Å². The Hall–Kier alpha value is -1.16. The smallest absolute Gasteiger partial charge is 0.304 e. The predicted octanol–water partition coefficient (Wildman–Crippen LogP) is 2.55. The standard InChI is InChI=1S/C15H24O4/c1-3-4-8-15(2,19)9-7-11-5-6-13(16)12(11)10-14(17)18/h7,9,11-12,19H,3-6,8,10H2,1-2H3,(H,17,18)/t11-,12-,15?/m0/s1. The largest absolute Gasteiger partial charge is 0.481 e. The number of carbonyl (C=O) groups is 2. The van der Waals surface area contributed by atoms with Crippen LogP contribution in [0.3, 0.4) is 0 Å². The van der Waals surface area contributed by atoms with Gasteiger partial charge in [-0.3, -0.25) is 9.59 Å². The van der Waals surface area contributed by atoms with Crippen molar-refractivity contribution in [3.63, 3.8) is 0 Å². The lowest BCUT2D eigenvalue weighted by molar-refractivity contribution is -0.140. The molecule has 1 aliphatic carbocycles. The Morgan fingerprint density at radius 3 is 2.79 bits per heavy atom. The molecule has 4 nitrogen and oxygen atoms in total. The van der Waals surface area contributed by atoms with E-state index >= 15 is 0 Å². The second-order valence-electron chi connectivity index (χ2n) is 5.69. The molecule has 0 saturated heterocycles. The van der Waals surface area contributed by atoms with Gasteiger partial charge < -0.3 is 10.2 Å². The molecule has 1 saturated carbocycles. The van der Waals surface area contributed by atoms with Crippen LogP contribution >= 0.6 is 0 Å². The van der Waals surface area contributed by atoms with E-state index in [9.17, 15) is 14.7 Å². The van der Waals surface area contributed by atoms with Gasteiger partial charge in [-0.15, -0.1) is 0 Å². The number of hydrogen-bond acceptors (Lipinski definition) is 3. The molecule has 0 aromatic heterocycles. The van der Waals surface area contributed by atoms with E-state index in [1.165, 1.54) is 0 Å². The van der Waals surface area contributed by atoms with Gasteiger partial charge in [-0.2, -0.15) is 0 Å². The topological polar surface area (TPSA) is 74.6 Å². The zero-order valence-electron chi connectivity index (χ0n) is 11.8. The zero-order chi connectivity index (χ0) is 14.5. The van der Waals surface area contributed by atoms with Crippen molar-refractivity contribution >= 4 is 11.8 Å². The first kappa shape index (κ1) is 15.9. The van der Waals surface area contributed by atoms with Crippen LogP contribution in [0.5, 0.6) is 0 Å². The zero-order valence-corrected chi connectivity index (χ0v) is 11.8. The number of carbonyl (C=O) groups excluding carboxylic acids is 1. The maximum Gasteiger partial charge on any atom is 0.304 e. The SMILES string of the molecule is CCCCC(C)(O)C=C[C@@H]1CCC(=O)[C@H]1CC(=O)O. The molecule has 0 aromatic carbocycles. The summed E-state index contributed by atoms with van der Waals surface area (Å²) in [6.45, 7) is 3.82. The van der Waals surface area contributed by atoms with Crippen LogP contribution in [0.2, 0.25) is 0 Å². The maximum atomic E-state index is 11.7. The number of aliphatic hydroxyl groups is 1. The molecule has 108 valence electrons. The Balaban J connectivity index is 2.63. The van der Waals surface area contributed by atoms with Gasteiger partial charge in [0, 0.05) is 12.3 Å². The summed E-state index contributed by atoms with van der Waals surface area (Å²) in [7, 11) is 0. The first-order chi connectivity index (χ1) is 8.85. The second kappa shape index (κ2) is 6.85. The first-order valence-corrected chi connectivity index (χ1v) is 7.02. The van der Waals surface area contributed by atoms with Crippen molar-refractivity contribution in [1.29, 1.82) is 0 Å². The number of aliphatic carboxylic acids is 1. The van der Waals surface area contributed by atoms with E-state index in [1.807, 2.05) is 6.08 Å². The minimum Gasteiger partial charge on any atom is -0.481 e. The van der Waals surface area contributed by atoms with Crippen molar-refractivity contribution < 1.29 is 19.8 Å². The fourth-order valence-corrected chi connectivity index (χ4v) is 2.57. The van der Waals surface area contributed by atoms with E-state index in [0.717, 1.165) is 12.8 Å². The molecule has 1 unspecified atom stereocenters. The number of carboxylic acid groups (broad SMARTS) is 1. The predicted molar refractivity (Wildman–Crippen MR) is 72.8 cm³/mol. The maximum absolute atomic E-state index is 11.7. The third-order valence-electron chi connectivity index (χ3n) is 3.79. The fourth-order valence-electron chi connectivity index (χ4n) is 2.57. The van der Waals surface area contributed by atoms with Gasteiger partial charge in [0.25, 0.3) is 0 Å². The van der Waals surface area contributed by atoms with E-state index in [1.54, 1.807) is 13.0 Å². The molecule has 0 amide bonds. The highest BCUT2D eigenvalue weighted by Gasteiger charge is 2.34.